The Balaban J connectivity index is 0.00000225. The van der Waals surface area contributed by atoms with E-state index in [9.17, 15) is 0 Å². The Morgan fingerprint density at radius 3 is 1.59 bits per heavy atom. The maximum atomic E-state index is 4.15. The lowest BCUT2D eigenvalue weighted by Gasteiger charge is -2.30. The van der Waals surface area contributed by atoms with Crippen molar-refractivity contribution < 1.29 is 0 Å². The van der Waals surface area contributed by atoms with Gasteiger partial charge in [-0.05, 0) is 140 Å². The van der Waals surface area contributed by atoms with Gasteiger partial charge in [0.25, 0.3) is 0 Å². The molecule has 2 aromatic heterocycles. The molecule has 0 amide bonds. The zero-order chi connectivity index (χ0) is 44.1. The van der Waals surface area contributed by atoms with Gasteiger partial charge in [0.2, 0.25) is 0 Å². The maximum Gasteiger partial charge on any atom is 0.0541 e. The monoisotopic (exact) mass is 826 g/mol. The number of hydrogen-bond acceptors (Lipinski definition) is 0. The van der Waals surface area contributed by atoms with Crippen LogP contribution in [0.4, 0.5) is 0 Å². The number of para-hydroxylation sites is 3. The highest BCUT2D eigenvalue weighted by molar-refractivity contribution is 6.12. The molecule has 2 aliphatic rings. The summed E-state index contributed by atoms with van der Waals surface area (Å²) in [5.41, 5.74) is 22.9. The van der Waals surface area contributed by atoms with E-state index < -0.39 is 0 Å². The third-order valence-electron chi connectivity index (χ3n) is 14.3. The van der Waals surface area contributed by atoms with Crippen molar-refractivity contribution in [1.29, 1.82) is 0 Å². The molecule has 2 heterocycles. The molecule has 0 saturated carbocycles. The number of allylic oxidation sites excluding steroid dienone is 3. The molecule has 0 bridgehead atoms. The molecular formula is C62H54N2. The van der Waals surface area contributed by atoms with Gasteiger partial charge >= 0.3 is 0 Å². The minimum atomic E-state index is -0.165. The predicted molar refractivity (Wildman–Crippen MR) is 275 cm³/mol. The van der Waals surface area contributed by atoms with Crippen LogP contribution in [-0.4, -0.2) is 9.13 Å². The molecule has 64 heavy (non-hydrogen) atoms. The molecule has 0 saturated heterocycles. The Morgan fingerprint density at radius 1 is 0.469 bits per heavy atom. The number of hydrogen-bond donors (Lipinski definition) is 0. The third-order valence-corrected chi connectivity index (χ3v) is 14.3. The summed E-state index contributed by atoms with van der Waals surface area (Å²) in [6.45, 7) is 20.1. The van der Waals surface area contributed by atoms with Gasteiger partial charge in [-0.3, -0.25) is 0 Å². The molecular weight excluding hydrogens is 773 g/mol. The first-order valence-electron chi connectivity index (χ1n) is 23.1. The highest BCUT2D eigenvalue weighted by Crippen LogP contribution is 2.59. The van der Waals surface area contributed by atoms with Crippen LogP contribution >= 0.6 is 0 Å². The molecule has 2 aliphatic carbocycles. The van der Waals surface area contributed by atoms with Crippen LogP contribution in [0.1, 0.15) is 82.7 Å². The minimum absolute atomic E-state index is 0.161. The van der Waals surface area contributed by atoms with Gasteiger partial charge < -0.3 is 9.13 Å². The second kappa shape index (κ2) is 14.7. The molecule has 2 heteroatoms. The van der Waals surface area contributed by atoms with Crippen LogP contribution in [0, 0.1) is 0 Å². The average Bonchev–Trinajstić information content (AvgIpc) is 3.99. The lowest BCUT2D eigenvalue weighted by Crippen LogP contribution is -2.24. The molecule has 0 aliphatic heterocycles. The van der Waals surface area contributed by atoms with Crippen molar-refractivity contribution in [3.05, 3.63) is 210 Å². The lowest BCUT2D eigenvalue weighted by molar-refractivity contribution is 0.601. The topological polar surface area (TPSA) is 9.86 Å². The summed E-state index contributed by atoms with van der Waals surface area (Å²) < 4.78 is 4.85. The number of aromatic nitrogens is 2. The molecule has 0 unspecified atom stereocenters. The Bertz CT molecular complexity index is 3510. The molecule has 8 aromatic carbocycles. The fourth-order valence-electron chi connectivity index (χ4n) is 11.5. The first-order valence-corrected chi connectivity index (χ1v) is 23.1. The minimum Gasteiger partial charge on any atom is -0.309 e. The summed E-state index contributed by atoms with van der Waals surface area (Å²) in [4.78, 5) is 0. The Hall–Kier alpha value is -7.16. The van der Waals surface area contributed by atoms with Crippen LogP contribution in [0.25, 0.3) is 93.9 Å². The van der Waals surface area contributed by atoms with Crippen LogP contribution in [0.5, 0.6) is 0 Å². The largest absolute Gasteiger partial charge is 0.309 e. The molecule has 0 radical (unpaired) electrons. The maximum absolute atomic E-state index is 4.15. The summed E-state index contributed by atoms with van der Waals surface area (Å²) in [5, 5.41) is 5.08. The molecule has 0 atom stereocenters. The quantitative estimate of drug-likeness (QED) is 0.148. The lowest BCUT2D eigenvalue weighted by atomic mass is 9.72. The third kappa shape index (κ3) is 5.58. The SMILES string of the molecule is C=C/C(=C\CC)c1ccc2c(c1)c1cc(-c3ccc4c(c3)-c3ccc5c(c3C4(C)C)C(C)(C)c3ccc(-n4c6ccccc6c6ccccc64)cc3-5)ccc1n2-c1ccccc1.CC. The molecule has 10 aromatic rings. The van der Waals surface area contributed by atoms with Gasteiger partial charge in [0, 0.05) is 43.7 Å². The molecule has 12 rings (SSSR count). The summed E-state index contributed by atoms with van der Waals surface area (Å²) in [5.74, 6) is 0. The van der Waals surface area contributed by atoms with Crippen molar-refractivity contribution in [2.24, 2.45) is 0 Å². The zero-order valence-corrected chi connectivity index (χ0v) is 38.1. The van der Waals surface area contributed by atoms with E-state index in [0.717, 1.165) is 12.1 Å². The van der Waals surface area contributed by atoms with Gasteiger partial charge in [0.1, 0.15) is 0 Å². The van der Waals surface area contributed by atoms with Crippen molar-refractivity contribution in [2.45, 2.75) is 65.7 Å². The van der Waals surface area contributed by atoms with E-state index >= 15 is 0 Å². The van der Waals surface area contributed by atoms with Crippen LogP contribution in [0.3, 0.4) is 0 Å². The number of nitrogens with zero attached hydrogens (tertiary/aromatic N) is 2. The highest BCUT2D eigenvalue weighted by atomic mass is 15.0. The summed E-state index contributed by atoms with van der Waals surface area (Å²) in [6, 6.07) is 61.5. The van der Waals surface area contributed by atoms with E-state index in [1.807, 2.05) is 19.9 Å². The van der Waals surface area contributed by atoms with Crippen molar-refractivity contribution in [2.75, 3.05) is 0 Å². The van der Waals surface area contributed by atoms with E-state index in [1.54, 1.807) is 0 Å². The Kier molecular flexibility index (Phi) is 9.12. The van der Waals surface area contributed by atoms with Crippen LogP contribution in [-0.2, 0) is 10.8 Å². The normalized spacial score (nSPS) is 14.3. The summed E-state index contributed by atoms with van der Waals surface area (Å²) >= 11 is 0. The molecule has 312 valence electrons. The van der Waals surface area contributed by atoms with E-state index in [0.29, 0.717) is 0 Å². The fraction of sp³-hybridized carbons (Fsp3) is 0.161. The number of benzene rings is 8. The van der Waals surface area contributed by atoms with Crippen molar-refractivity contribution in [3.63, 3.8) is 0 Å². The van der Waals surface area contributed by atoms with Crippen LogP contribution < -0.4 is 0 Å². The first-order chi connectivity index (χ1) is 31.2. The average molecular weight is 827 g/mol. The van der Waals surface area contributed by atoms with E-state index in [4.69, 9.17) is 0 Å². The smallest absolute Gasteiger partial charge is 0.0541 e. The predicted octanol–water partition coefficient (Wildman–Crippen LogP) is 17.2. The fourth-order valence-corrected chi connectivity index (χ4v) is 11.5. The van der Waals surface area contributed by atoms with Crippen LogP contribution in [0.2, 0.25) is 0 Å². The summed E-state index contributed by atoms with van der Waals surface area (Å²) in [7, 11) is 0. The Labute approximate surface area is 377 Å². The first kappa shape index (κ1) is 39.7. The Morgan fingerprint density at radius 2 is 0.969 bits per heavy atom. The van der Waals surface area contributed by atoms with Gasteiger partial charge in [-0.2, -0.15) is 0 Å². The van der Waals surface area contributed by atoms with Crippen molar-refractivity contribution in [3.8, 4) is 44.8 Å². The second-order valence-electron chi connectivity index (χ2n) is 18.4. The molecule has 0 spiro atoms. The summed E-state index contributed by atoms with van der Waals surface area (Å²) in [6.07, 6.45) is 5.21. The molecule has 0 N–H and O–H groups in total. The van der Waals surface area contributed by atoms with Gasteiger partial charge in [0.15, 0.2) is 0 Å². The van der Waals surface area contributed by atoms with Gasteiger partial charge in [0.05, 0.1) is 22.1 Å². The second-order valence-corrected chi connectivity index (χ2v) is 18.4. The zero-order valence-electron chi connectivity index (χ0n) is 38.1. The standard InChI is InChI=1S/C60H48N2.C2H6/c1-7-16-37(8-2)38-24-31-55-49(34-38)50-35-40(25-32-56(50)61(55)41-17-10-9-11-18-41)39-23-29-51-47(33-39)45-27-28-46-48-36-42(26-30-52(48)60(5,6)58(46)57(45)59(51,3)4)62-53-21-14-12-19-43(53)44-20-13-15-22-54(44)62;1-2/h8-36H,2,7H2,1,3-6H3;1-2H3/b37-16+;. The van der Waals surface area contributed by atoms with E-state index in [2.05, 4.69) is 220 Å². The van der Waals surface area contributed by atoms with Gasteiger partial charge in [-0.15, -0.1) is 0 Å². The van der Waals surface area contributed by atoms with Gasteiger partial charge in [-0.1, -0.05) is 164 Å². The van der Waals surface area contributed by atoms with E-state index in [-0.39, 0.29) is 10.8 Å². The van der Waals surface area contributed by atoms with E-state index in [1.165, 1.54) is 116 Å². The van der Waals surface area contributed by atoms with Gasteiger partial charge in [-0.25, -0.2) is 0 Å². The van der Waals surface area contributed by atoms with Crippen molar-refractivity contribution >= 4 is 49.2 Å². The molecule has 2 nitrogen and oxygen atoms in total. The molecule has 0 fully saturated rings. The van der Waals surface area contributed by atoms with Crippen LogP contribution in [0.15, 0.2) is 183 Å². The number of fused-ring (bicyclic) bond motifs is 13. The van der Waals surface area contributed by atoms with Crippen molar-refractivity contribution in [1.82, 2.24) is 9.13 Å². The highest BCUT2D eigenvalue weighted by Gasteiger charge is 2.46. The number of rotatable bonds is 6.